The lowest BCUT2D eigenvalue weighted by atomic mass is 9.98. The summed E-state index contributed by atoms with van der Waals surface area (Å²) in [5.74, 6) is 0.604. The molecule has 0 aliphatic heterocycles. The SMILES string of the molecule is COc1c(-c2ccc(C(=O)O)cc2)ccc2cc(OCc3ccccc3)ccc12. The first-order chi connectivity index (χ1) is 14.2. The van der Waals surface area contributed by atoms with Gasteiger partial charge in [0.15, 0.2) is 0 Å². The molecule has 0 bridgehead atoms. The second kappa shape index (κ2) is 8.07. The molecule has 0 amide bonds. The van der Waals surface area contributed by atoms with Gasteiger partial charge in [-0.2, -0.15) is 0 Å². The summed E-state index contributed by atoms with van der Waals surface area (Å²) in [7, 11) is 1.64. The Balaban J connectivity index is 1.65. The summed E-state index contributed by atoms with van der Waals surface area (Å²) in [5.41, 5.74) is 3.19. The van der Waals surface area contributed by atoms with Crippen molar-refractivity contribution in [3.8, 4) is 22.6 Å². The van der Waals surface area contributed by atoms with Crippen LogP contribution in [-0.4, -0.2) is 18.2 Å². The van der Waals surface area contributed by atoms with E-state index in [9.17, 15) is 4.79 Å². The smallest absolute Gasteiger partial charge is 0.335 e. The van der Waals surface area contributed by atoms with Gasteiger partial charge in [-0.1, -0.05) is 54.6 Å². The van der Waals surface area contributed by atoms with Gasteiger partial charge in [-0.15, -0.1) is 0 Å². The number of methoxy groups -OCH3 is 1. The van der Waals surface area contributed by atoms with E-state index in [0.29, 0.717) is 6.61 Å². The summed E-state index contributed by atoms with van der Waals surface area (Å²) in [6.45, 7) is 0.511. The van der Waals surface area contributed by atoms with Crippen LogP contribution in [0.3, 0.4) is 0 Å². The van der Waals surface area contributed by atoms with Crippen LogP contribution >= 0.6 is 0 Å². The molecule has 0 atom stereocenters. The Kier molecular flexibility index (Phi) is 5.16. The Labute approximate surface area is 169 Å². The van der Waals surface area contributed by atoms with Gasteiger partial charge in [0, 0.05) is 10.9 Å². The third-order valence-electron chi connectivity index (χ3n) is 4.84. The number of aromatic carboxylic acids is 1. The van der Waals surface area contributed by atoms with Crippen molar-refractivity contribution >= 4 is 16.7 Å². The first kappa shape index (κ1) is 18.6. The van der Waals surface area contributed by atoms with Gasteiger partial charge in [0.25, 0.3) is 0 Å². The number of hydrogen-bond acceptors (Lipinski definition) is 3. The molecule has 0 fully saturated rings. The fourth-order valence-electron chi connectivity index (χ4n) is 3.35. The van der Waals surface area contributed by atoms with E-state index in [4.69, 9.17) is 14.6 Å². The number of carbonyl (C=O) groups is 1. The molecule has 1 N–H and O–H groups in total. The van der Waals surface area contributed by atoms with Gasteiger partial charge in [0.1, 0.15) is 18.1 Å². The third kappa shape index (κ3) is 3.92. The molecular formula is C25H20O4. The average molecular weight is 384 g/mol. The molecule has 0 saturated carbocycles. The zero-order valence-electron chi connectivity index (χ0n) is 16.0. The van der Waals surface area contributed by atoms with Crippen molar-refractivity contribution in [1.29, 1.82) is 0 Å². The number of benzene rings is 4. The normalized spacial score (nSPS) is 10.7. The highest BCUT2D eigenvalue weighted by atomic mass is 16.5. The Hall–Kier alpha value is -3.79. The van der Waals surface area contributed by atoms with Crippen molar-refractivity contribution in [2.24, 2.45) is 0 Å². The van der Waals surface area contributed by atoms with Crippen molar-refractivity contribution in [1.82, 2.24) is 0 Å². The quantitative estimate of drug-likeness (QED) is 0.457. The van der Waals surface area contributed by atoms with Crippen molar-refractivity contribution in [3.05, 3.63) is 96.1 Å². The summed E-state index contributed by atoms with van der Waals surface area (Å²) in [4.78, 5) is 11.1. The molecule has 0 heterocycles. The number of carboxylic acid groups (broad SMARTS) is 1. The van der Waals surface area contributed by atoms with Gasteiger partial charge in [0.05, 0.1) is 12.7 Å². The molecule has 144 valence electrons. The number of ether oxygens (including phenoxy) is 2. The van der Waals surface area contributed by atoms with Gasteiger partial charge in [-0.25, -0.2) is 4.79 Å². The molecule has 4 aromatic rings. The summed E-state index contributed by atoms with van der Waals surface area (Å²) < 4.78 is 11.6. The zero-order valence-corrected chi connectivity index (χ0v) is 16.0. The summed E-state index contributed by atoms with van der Waals surface area (Å²) in [5, 5.41) is 11.1. The maximum Gasteiger partial charge on any atom is 0.335 e. The van der Waals surface area contributed by atoms with Crippen LogP contribution in [0.25, 0.3) is 21.9 Å². The van der Waals surface area contributed by atoms with Crippen molar-refractivity contribution in [2.75, 3.05) is 7.11 Å². The van der Waals surface area contributed by atoms with E-state index < -0.39 is 5.97 Å². The van der Waals surface area contributed by atoms with E-state index in [2.05, 4.69) is 0 Å². The number of fused-ring (bicyclic) bond motifs is 1. The Morgan fingerprint density at radius 1 is 0.897 bits per heavy atom. The van der Waals surface area contributed by atoms with E-state index >= 15 is 0 Å². The predicted molar refractivity (Wildman–Crippen MR) is 114 cm³/mol. The Morgan fingerprint density at radius 2 is 1.66 bits per heavy atom. The minimum atomic E-state index is -0.940. The number of carboxylic acids is 1. The van der Waals surface area contributed by atoms with Gasteiger partial charge >= 0.3 is 5.97 Å². The van der Waals surface area contributed by atoms with Gasteiger partial charge in [-0.3, -0.25) is 0 Å². The van der Waals surface area contributed by atoms with Crippen LogP contribution in [0, 0.1) is 0 Å². The highest BCUT2D eigenvalue weighted by Gasteiger charge is 2.12. The summed E-state index contributed by atoms with van der Waals surface area (Å²) in [6.07, 6.45) is 0. The van der Waals surface area contributed by atoms with Crippen LogP contribution in [0.1, 0.15) is 15.9 Å². The topological polar surface area (TPSA) is 55.8 Å². The van der Waals surface area contributed by atoms with Crippen molar-refractivity contribution in [2.45, 2.75) is 6.61 Å². The first-order valence-corrected chi connectivity index (χ1v) is 9.27. The van der Waals surface area contributed by atoms with Crippen LogP contribution in [0.15, 0.2) is 84.9 Å². The first-order valence-electron chi connectivity index (χ1n) is 9.27. The highest BCUT2D eigenvalue weighted by Crippen LogP contribution is 2.38. The number of rotatable bonds is 6. The monoisotopic (exact) mass is 384 g/mol. The molecular weight excluding hydrogens is 364 g/mol. The maximum atomic E-state index is 11.1. The molecule has 0 aromatic heterocycles. The molecule has 29 heavy (non-hydrogen) atoms. The van der Waals surface area contributed by atoms with E-state index in [0.717, 1.165) is 39.0 Å². The molecule has 0 spiro atoms. The van der Waals surface area contributed by atoms with Crippen LogP contribution in [0.2, 0.25) is 0 Å². The van der Waals surface area contributed by atoms with Crippen molar-refractivity contribution < 1.29 is 19.4 Å². The van der Waals surface area contributed by atoms with Crippen LogP contribution < -0.4 is 9.47 Å². The van der Waals surface area contributed by atoms with E-state index in [-0.39, 0.29) is 5.56 Å². The minimum Gasteiger partial charge on any atom is -0.495 e. The predicted octanol–water partition coefficient (Wildman–Crippen LogP) is 5.79. The molecule has 0 aliphatic rings. The molecule has 4 rings (SSSR count). The molecule has 4 aromatic carbocycles. The Morgan fingerprint density at radius 3 is 2.34 bits per heavy atom. The molecule has 0 saturated heterocycles. The van der Waals surface area contributed by atoms with Crippen LogP contribution in [0.5, 0.6) is 11.5 Å². The minimum absolute atomic E-state index is 0.258. The lowest BCUT2D eigenvalue weighted by molar-refractivity contribution is 0.0697. The van der Waals surface area contributed by atoms with E-state index in [1.807, 2.05) is 60.7 Å². The van der Waals surface area contributed by atoms with Gasteiger partial charge < -0.3 is 14.6 Å². The molecule has 4 nitrogen and oxygen atoms in total. The van der Waals surface area contributed by atoms with E-state index in [1.54, 1.807) is 31.4 Å². The zero-order chi connectivity index (χ0) is 20.2. The Bertz CT molecular complexity index is 1150. The molecule has 4 heteroatoms. The summed E-state index contributed by atoms with van der Waals surface area (Å²) in [6, 6.07) is 26.8. The lowest BCUT2D eigenvalue weighted by Gasteiger charge is -2.14. The standard InChI is InChI=1S/C25H20O4/c1-28-24-22(18-7-9-19(10-8-18)25(26)27)13-11-20-15-21(12-14-23(20)24)29-16-17-5-3-2-4-6-17/h2-15H,16H2,1H3,(H,26,27). The van der Waals surface area contributed by atoms with E-state index in [1.165, 1.54) is 0 Å². The fraction of sp³-hybridized carbons (Fsp3) is 0.0800. The van der Waals surface area contributed by atoms with Crippen LogP contribution in [-0.2, 0) is 6.61 Å². The van der Waals surface area contributed by atoms with Crippen molar-refractivity contribution in [3.63, 3.8) is 0 Å². The second-order valence-corrected chi connectivity index (χ2v) is 6.69. The molecule has 0 aliphatic carbocycles. The largest absolute Gasteiger partial charge is 0.495 e. The van der Waals surface area contributed by atoms with Crippen LogP contribution in [0.4, 0.5) is 0 Å². The lowest BCUT2D eigenvalue weighted by Crippen LogP contribution is -1.96. The molecule has 0 radical (unpaired) electrons. The maximum absolute atomic E-state index is 11.1. The highest BCUT2D eigenvalue weighted by molar-refractivity contribution is 5.96. The second-order valence-electron chi connectivity index (χ2n) is 6.69. The third-order valence-corrected chi connectivity index (χ3v) is 4.84. The fourth-order valence-corrected chi connectivity index (χ4v) is 3.35. The summed E-state index contributed by atoms with van der Waals surface area (Å²) >= 11 is 0. The van der Waals surface area contributed by atoms with Gasteiger partial charge in [-0.05, 0) is 46.8 Å². The number of hydrogen-bond donors (Lipinski definition) is 1. The van der Waals surface area contributed by atoms with Gasteiger partial charge in [0.2, 0.25) is 0 Å². The average Bonchev–Trinajstić information content (AvgIpc) is 2.77. The molecule has 0 unspecified atom stereocenters.